The third kappa shape index (κ3) is 2.77. The number of rotatable bonds is 7. The van der Waals surface area contributed by atoms with Gasteiger partial charge in [-0.1, -0.05) is 34.1 Å². The maximum absolute atomic E-state index is 13.5. The predicted octanol–water partition coefficient (Wildman–Crippen LogP) is 6.38. The van der Waals surface area contributed by atoms with E-state index < -0.39 is 5.41 Å². The Bertz CT molecular complexity index is 513. The maximum atomic E-state index is 13.5. The average molecular weight is 349 g/mol. The Labute approximate surface area is 155 Å². The van der Waals surface area contributed by atoms with E-state index in [-0.39, 0.29) is 22.4 Å². The molecule has 25 heavy (non-hydrogen) atoms. The Morgan fingerprint density at radius 2 is 1.56 bits per heavy atom. The fourth-order valence-corrected chi connectivity index (χ4v) is 6.61. The van der Waals surface area contributed by atoms with Crippen molar-refractivity contribution in [2.24, 2.45) is 34.0 Å². The van der Waals surface area contributed by atoms with Gasteiger partial charge in [0.2, 0.25) is 0 Å². The number of esters is 1. The van der Waals surface area contributed by atoms with E-state index in [1.807, 2.05) is 0 Å². The van der Waals surface area contributed by atoms with Crippen molar-refractivity contribution >= 4 is 5.97 Å². The molecule has 4 fully saturated rings. The summed E-state index contributed by atoms with van der Waals surface area (Å²) in [5, 5.41) is 0. The molecule has 4 aliphatic carbocycles. The van der Waals surface area contributed by atoms with Gasteiger partial charge in [0, 0.05) is 5.41 Å². The third-order valence-electron chi connectivity index (χ3n) is 9.13. The predicted molar refractivity (Wildman–Crippen MR) is 103 cm³/mol. The summed E-state index contributed by atoms with van der Waals surface area (Å²) >= 11 is 0. The largest absolute Gasteiger partial charge is 0.459 e. The zero-order valence-electron chi connectivity index (χ0n) is 17.7. The molecule has 0 radical (unpaired) electrons. The lowest BCUT2D eigenvalue weighted by Crippen LogP contribution is -2.53. The van der Waals surface area contributed by atoms with Crippen LogP contribution in [0.25, 0.3) is 0 Å². The first kappa shape index (κ1) is 19.2. The highest BCUT2D eigenvalue weighted by Crippen LogP contribution is 2.68. The summed E-state index contributed by atoms with van der Waals surface area (Å²) in [5.74, 6) is 2.75. The minimum atomic E-state index is -0.403. The zero-order chi connectivity index (χ0) is 18.7. The molecule has 2 nitrogen and oxygen atoms in total. The third-order valence-corrected chi connectivity index (χ3v) is 9.13. The topological polar surface area (TPSA) is 26.3 Å². The molecule has 0 aliphatic heterocycles. The second kappa shape index (κ2) is 5.99. The molecule has 0 amide bonds. The fraction of sp³-hybridized carbons (Fsp3) is 0.957. The van der Waals surface area contributed by atoms with Gasteiger partial charge in [0.05, 0.1) is 5.41 Å². The molecule has 0 spiro atoms. The Kier molecular flexibility index (Phi) is 4.61. The summed E-state index contributed by atoms with van der Waals surface area (Å²) in [4.78, 5) is 13.5. The van der Waals surface area contributed by atoms with Gasteiger partial charge in [-0.15, -0.1) is 0 Å². The molecule has 4 rings (SSSR count). The highest BCUT2D eigenvalue weighted by atomic mass is 16.6. The summed E-state index contributed by atoms with van der Waals surface area (Å²) in [5.41, 5.74) is -0.543. The minimum Gasteiger partial charge on any atom is -0.459 e. The van der Waals surface area contributed by atoms with Crippen molar-refractivity contribution in [1.82, 2.24) is 0 Å². The highest BCUT2D eigenvalue weighted by Gasteiger charge is 2.63. The lowest BCUT2D eigenvalue weighted by Gasteiger charge is -2.51. The van der Waals surface area contributed by atoms with Crippen LogP contribution in [0.15, 0.2) is 0 Å². The molecule has 0 aromatic carbocycles. The monoisotopic (exact) mass is 348 g/mol. The molecule has 0 aromatic heterocycles. The molecule has 3 unspecified atom stereocenters. The second-order valence-electron chi connectivity index (χ2n) is 11.0. The smallest absolute Gasteiger partial charge is 0.312 e. The standard InChI is InChI=1S/C23H40O2/c1-8-10-22(7,20(3,4)9-2)19(24)25-21(5,6)23-13-16-11-17(14-23)18(12-16)15-23/h16-18H,8-15H2,1-7H3. The van der Waals surface area contributed by atoms with Gasteiger partial charge in [0.15, 0.2) is 0 Å². The number of ether oxygens (including phenoxy) is 1. The Hall–Kier alpha value is -0.530. The molecule has 3 atom stereocenters. The first-order valence-electron chi connectivity index (χ1n) is 10.7. The summed E-state index contributed by atoms with van der Waals surface area (Å²) in [6, 6.07) is 0. The molecule has 0 heterocycles. The van der Waals surface area contributed by atoms with Gasteiger partial charge >= 0.3 is 5.97 Å². The van der Waals surface area contributed by atoms with Crippen LogP contribution < -0.4 is 0 Å². The van der Waals surface area contributed by atoms with E-state index >= 15 is 0 Å². The van der Waals surface area contributed by atoms with E-state index in [0.29, 0.717) is 0 Å². The van der Waals surface area contributed by atoms with Gasteiger partial charge < -0.3 is 4.74 Å². The molecular weight excluding hydrogens is 308 g/mol. The fourth-order valence-electron chi connectivity index (χ4n) is 6.61. The Morgan fingerprint density at radius 1 is 1.00 bits per heavy atom. The van der Waals surface area contributed by atoms with E-state index in [4.69, 9.17) is 4.74 Å². The van der Waals surface area contributed by atoms with Crippen LogP contribution in [0.4, 0.5) is 0 Å². The molecule has 0 saturated heterocycles. The second-order valence-corrected chi connectivity index (χ2v) is 11.0. The Balaban J connectivity index is 1.81. The normalized spacial score (nSPS) is 36.5. The van der Waals surface area contributed by atoms with Gasteiger partial charge in [-0.25, -0.2) is 0 Å². The van der Waals surface area contributed by atoms with Crippen LogP contribution in [0.2, 0.25) is 0 Å². The van der Waals surface area contributed by atoms with Gasteiger partial charge in [0.1, 0.15) is 5.60 Å². The molecule has 144 valence electrons. The summed E-state index contributed by atoms with van der Waals surface area (Å²) < 4.78 is 6.43. The molecule has 2 heteroatoms. The van der Waals surface area contributed by atoms with E-state index in [1.165, 1.54) is 32.1 Å². The van der Waals surface area contributed by atoms with Gasteiger partial charge in [-0.3, -0.25) is 4.79 Å². The van der Waals surface area contributed by atoms with Crippen molar-refractivity contribution in [3.63, 3.8) is 0 Å². The molecule has 0 N–H and O–H groups in total. The molecular formula is C23H40O2. The number of carbonyl (C=O) groups is 1. The lowest BCUT2D eigenvalue weighted by atomic mass is 9.60. The zero-order valence-corrected chi connectivity index (χ0v) is 17.7. The van der Waals surface area contributed by atoms with Crippen LogP contribution in [0.1, 0.15) is 99.8 Å². The quantitative estimate of drug-likeness (QED) is 0.499. The van der Waals surface area contributed by atoms with E-state index in [9.17, 15) is 4.79 Å². The SMILES string of the molecule is CCCC(C)(C(=O)OC(C)(C)C12CC3CC(C1)C(C3)C2)C(C)(C)CC. The van der Waals surface area contributed by atoms with Crippen LogP contribution in [-0.4, -0.2) is 11.6 Å². The van der Waals surface area contributed by atoms with Crippen LogP contribution in [0.3, 0.4) is 0 Å². The average Bonchev–Trinajstić information content (AvgIpc) is 2.94. The molecule has 0 aromatic rings. The summed E-state index contributed by atoms with van der Waals surface area (Å²) in [6.45, 7) is 15.4. The van der Waals surface area contributed by atoms with Gasteiger partial charge in [0.25, 0.3) is 0 Å². The maximum Gasteiger partial charge on any atom is 0.312 e. The van der Waals surface area contributed by atoms with Crippen molar-refractivity contribution in [1.29, 1.82) is 0 Å². The van der Waals surface area contributed by atoms with Crippen LogP contribution >= 0.6 is 0 Å². The van der Waals surface area contributed by atoms with Crippen molar-refractivity contribution in [2.45, 2.75) is 105 Å². The minimum absolute atomic E-state index is 0.0409. The van der Waals surface area contributed by atoms with E-state index in [2.05, 4.69) is 48.5 Å². The number of carbonyl (C=O) groups excluding carboxylic acids is 1. The summed E-state index contributed by atoms with van der Waals surface area (Å²) in [7, 11) is 0. The molecule has 4 aliphatic rings. The Morgan fingerprint density at radius 3 is 2.00 bits per heavy atom. The highest BCUT2D eigenvalue weighted by molar-refractivity contribution is 5.78. The first-order valence-corrected chi connectivity index (χ1v) is 10.7. The van der Waals surface area contributed by atoms with Crippen LogP contribution in [-0.2, 0) is 9.53 Å². The molecule has 4 bridgehead atoms. The number of hydrogen-bond donors (Lipinski definition) is 0. The van der Waals surface area contributed by atoms with E-state index in [1.54, 1.807) is 0 Å². The number of hydrogen-bond acceptors (Lipinski definition) is 2. The van der Waals surface area contributed by atoms with Crippen molar-refractivity contribution in [2.75, 3.05) is 0 Å². The molecule has 4 saturated carbocycles. The van der Waals surface area contributed by atoms with Crippen LogP contribution in [0, 0.1) is 34.0 Å². The van der Waals surface area contributed by atoms with Gasteiger partial charge in [-0.05, 0) is 88.9 Å². The lowest BCUT2D eigenvalue weighted by molar-refractivity contribution is -0.195. The first-order chi connectivity index (χ1) is 11.5. The van der Waals surface area contributed by atoms with Crippen LogP contribution in [0.5, 0.6) is 0 Å². The van der Waals surface area contributed by atoms with Gasteiger partial charge in [-0.2, -0.15) is 0 Å². The van der Waals surface area contributed by atoms with E-state index in [0.717, 1.165) is 37.0 Å². The van der Waals surface area contributed by atoms with Crippen molar-refractivity contribution < 1.29 is 9.53 Å². The van der Waals surface area contributed by atoms with Crippen molar-refractivity contribution in [3.05, 3.63) is 0 Å². The van der Waals surface area contributed by atoms with Crippen molar-refractivity contribution in [3.8, 4) is 0 Å². The summed E-state index contributed by atoms with van der Waals surface area (Å²) in [6.07, 6.45) is 9.65.